The molecule has 19 heavy (non-hydrogen) atoms. The van der Waals surface area contributed by atoms with E-state index < -0.39 is 0 Å². The Kier molecular flexibility index (Phi) is 3.39. The molecule has 1 aromatic carbocycles. The highest BCUT2D eigenvalue weighted by atomic mass is 79.9. The van der Waals surface area contributed by atoms with Crippen molar-refractivity contribution < 1.29 is 0 Å². The van der Waals surface area contributed by atoms with Gasteiger partial charge in [0.05, 0.1) is 6.33 Å². The standard InChI is InChI=1S/C12H10BrN5S/c13-8-2-1-7(3-9(8)14)4-19-12-10-11(16-5-15-10)17-6-18-12/h1-3,5-6H,4,14H2,(H,15,16,17,18). The van der Waals surface area contributed by atoms with Crippen LogP contribution in [0, 0.1) is 0 Å². The number of aromatic amines is 1. The van der Waals surface area contributed by atoms with Gasteiger partial charge in [0, 0.05) is 15.9 Å². The second kappa shape index (κ2) is 5.18. The molecule has 0 bridgehead atoms. The molecule has 0 atom stereocenters. The zero-order valence-electron chi connectivity index (χ0n) is 9.80. The maximum absolute atomic E-state index is 5.87. The molecule has 0 amide bonds. The molecule has 2 heterocycles. The number of halogens is 1. The van der Waals surface area contributed by atoms with E-state index in [-0.39, 0.29) is 0 Å². The highest BCUT2D eigenvalue weighted by Gasteiger charge is 2.07. The lowest BCUT2D eigenvalue weighted by Gasteiger charge is -2.04. The van der Waals surface area contributed by atoms with Crippen molar-refractivity contribution in [3.8, 4) is 0 Å². The molecular formula is C12H10BrN5S. The monoisotopic (exact) mass is 335 g/mol. The van der Waals surface area contributed by atoms with Gasteiger partial charge in [-0.2, -0.15) is 0 Å². The van der Waals surface area contributed by atoms with Crippen LogP contribution in [-0.4, -0.2) is 19.9 Å². The quantitative estimate of drug-likeness (QED) is 0.437. The Morgan fingerprint density at radius 1 is 1.26 bits per heavy atom. The number of hydrogen-bond donors (Lipinski definition) is 2. The van der Waals surface area contributed by atoms with Gasteiger partial charge < -0.3 is 10.7 Å². The second-order valence-corrected chi connectivity index (χ2v) is 5.74. The molecule has 0 radical (unpaired) electrons. The van der Waals surface area contributed by atoms with Crippen LogP contribution in [0.1, 0.15) is 5.56 Å². The summed E-state index contributed by atoms with van der Waals surface area (Å²) in [6.07, 6.45) is 3.16. The summed E-state index contributed by atoms with van der Waals surface area (Å²) in [6, 6.07) is 5.96. The highest BCUT2D eigenvalue weighted by molar-refractivity contribution is 9.10. The molecule has 0 aliphatic heterocycles. The summed E-state index contributed by atoms with van der Waals surface area (Å²) in [6.45, 7) is 0. The minimum Gasteiger partial charge on any atom is -0.398 e. The van der Waals surface area contributed by atoms with Crippen molar-refractivity contribution in [2.75, 3.05) is 5.73 Å². The maximum atomic E-state index is 5.87. The smallest absolute Gasteiger partial charge is 0.181 e. The molecule has 0 saturated carbocycles. The molecule has 96 valence electrons. The lowest BCUT2D eigenvalue weighted by molar-refractivity contribution is 1.08. The summed E-state index contributed by atoms with van der Waals surface area (Å²) < 4.78 is 0.916. The van der Waals surface area contributed by atoms with Crippen LogP contribution in [-0.2, 0) is 5.75 Å². The van der Waals surface area contributed by atoms with E-state index in [0.717, 1.165) is 32.0 Å². The molecule has 3 N–H and O–H groups in total. The fraction of sp³-hybridized carbons (Fsp3) is 0.0833. The van der Waals surface area contributed by atoms with Gasteiger partial charge >= 0.3 is 0 Å². The van der Waals surface area contributed by atoms with Crippen molar-refractivity contribution in [3.63, 3.8) is 0 Å². The first-order valence-electron chi connectivity index (χ1n) is 5.55. The largest absolute Gasteiger partial charge is 0.398 e. The Morgan fingerprint density at radius 3 is 3.00 bits per heavy atom. The van der Waals surface area contributed by atoms with Gasteiger partial charge in [0.1, 0.15) is 16.9 Å². The molecule has 7 heteroatoms. The number of nitrogens with zero attached hydrogens (tertiary/aromatic N) is 3. The number of rotatable bonds is 3. The minimum absolute atomic E-state index is 0.688. The number of anilines is 1. The molecular weight excluding hydrogens is 326 g/mol. The molecule has 3 rings (SSSR count). The number of fused-ring (bicyclic) bond motifs is 1. The van der Waals surface area contributed by atoms with E-state index in [0.29, 0.717) is 5.65 Å². The summed E-state index contributed by atoms with van der Waals surface area (Å²) in [4.78, 5) is 15.5. The summed E-state index contributed by atoms with van der Waals surface area (Å²) in [5.74, 6) is 0.794. The second-order valence-electron chi connectivity index (χ2n) is 3.92. The first-order valence-corrected chi connectivity index (χ1v) is 7.32. The minimum atomic E-state index is 0.688. The topological polar surface area (TPSA) is 80.5 Å². The summed E-state index contributed by atoms with van der Waals surface area (Å²) in [5.41, 5.74) is 9.32. The van der Waals surface area contributed by atoms with Gasteiger partial charge in [0.2, 0.25) is 0 Å². The maximum Gasteiger partial charge on any atom is 0.181 e. The molecule has 5 nitrogen and oxygen atoms in total. The normalized spacial score (nSPS) is 11.0. The Hall–Kier alpha value is -1.60. The number of nitrogen functional groups attached to an aromatic ring is 1. The average Bonchev–Trinajstić information content (AvgIpc) is 2.89. The van der Waals surface area contributed by atoms with E-state index in [1.165, 1.54) is 6.33 Å². The number of nitrogens with one attached hydrogen (secondary N) is 1. The number of benzene rings is 1. The lowest BCUT2D eigenvalue weighted by atomic mass is 10.2. The van der Waals surface area contributed by atoms with Crippen LogP contribution in [0.3, 0.4) is 0 Å². The van der Waals surface area contributed by atoms with Gasteiger partial charge in [-0.1, -0.05) is 17.8 Å². The van der Waals surface area contributed by atoms with Crippen LogP contribution in [0.4, 0.5) is 5.69 Å². The van der Waals surface area contributed by atoms with Crippen LogP contribution in [0.5, 0.6) is 0 Å². The van der Waals surface area contributed by atoms with Gasteiger partial charge in [-0.25, -0.2) is 15.0 Å². The van der Waals surface area contributed by atoms with Crippen molar-refractivity contribution in [2.24, 2.45) is 0 Å². The van der Waals surface area contributed by atoms with E-state index in [9.17, 15) is 0 Å². The van der Waals surface area contributed by atoms with Gasteiger partial charge in [0.25, 0.3) is 0 Å². The zero-order chi connectivity index (χ0) is 13.2. The van der Waals surface area contributed by atoms with Crippen LogP contribution in [0.15, 0.2) is 40.4 Å². The first-order chi connectivity index (χ1) is 9.24. The summed E-state index contributed by atoms with van der Waals surface area (Å²) in [5, 5.41) is 0.893. The zero-order valence-corrected chi connectivity index (χ0v) is 12.2. The van der Waals surface area contributed by atoms with Gasteiger partial charge in [0.15, 0.2) is 5.65 Å². The Bertz CT molecular complexity index is 727. The number of imidazole rings is 1. The SMILES string of the molecule is Nc1cc(CSc2ncnc3nc[nH]c23)ccc1Br. The summed E-state index contributed by atoms with van der Waals surface area (Å²) in [7, 11) is 0. The molecule has 0 spiro atoms. The predicted molar refractivity (Wildman–Crippen MR) is 79.8 cm³/mol. The number of hydrogen-bond acceptors (Lipinski definition) is 5. The van der Waals surface area contributed by atoms with E-state index in [2.05, 4.69) is 35.9 Å². The number of thioether (sulfide) groups is 1. The van der Waals surface area contributed by atoms with E-state index >= 15 is 0 Å². The van der Waals surface area contributed by atoms with Crippen LogP contribution in [0.2, 0.25) is 0 Å². The molecule has 0 unspecified atom stereocenters. The molecule has 0 fully saturated rings. The van der Waals surface area contributed by atoms with Gasteiger partial charge in [-0.05, 0) is 33.6 Å². The van der Waals surface area contributed by atoms with Gasteiger partial charge in [-0.3, -0.25) is 0 Å². The number of H-pyrrole nitrogens is 1. The Labute approximate surface area is 122 Å². The third kappa shape index (κ3) is 2.57. The summed E-state index contributed by atoms with van der Waals surface area (Å²) >= 11 is 5.02. The molecule has 0 aliphatic carbocycles. The van der Waals surface area contributed by atoms with Gasteiger partial charge in [-0.15, -0.1) is 0 Å². The third-order valence-corrected chi connectivity index (χ3v) is 4.41. The fourth-order valence-corrected chi connectivity index (χ4v) is 2.83. The van der Waals surface area contributed by atoms with Crippen molar-refractivity contribution >= 4 is 44.5 Å². The molecule has 3 aromatic rings. The van der Waals surface area contributed by atoms with E-state index in [1.54, 1.807) is 18.1 Å². The van der Waals surface area contributed by atoms with Crippen molar-refractivity contribution in [3.05, 3.63) is 40.9 Å². The fourth-order valence-electron chi connectivity index (χ4n) is 1.69. The third-order valence-electron chi connectivity index (χ3n) is 2.62. The lowest BCUT2D eigenvalue weighted by Crippen LogP contribution is -1.90. The van der Waals surface area contributed by atoms with Crippen molar-refractivity contribution in [2.45, 2.75) is 10.8 Å². The highest BCUT2D eigenvalue weighted by Crippen LogP contribution is 2.27. The Balaban J connectivity index is 1.82. The van der Waals surface area contributed by atoms with Crippen LogP contribution < -0.4 is 5.73 Å². The van der Waals surface area contributed by atoms with E-state index in [4.69, 9.17) is 5.73 Å². The number of aromatic nitrogens is 4. The van der Waals surface area contributed by atoms with Crippen LogP contribution >= 0.6 is 27.7 Å². The predicted octanol–water partition coefficient (Wildman–Crippen LogP) is 2.99. The number of nitrogens with two attached hydrogens (primary N) is 1. The molecule has 0 saturated heterocycles. The first kappa shape index (κ1) is 12.4. The van der Waals surface area contributed by atoms with Crippen molar-refractivity contribution in [1.29, 1.82) is 0 Å². The molecule has 2 aromatic heterocycles. The average molecular weight is 336 g/mol. The molecule has 0 aliphatic rings. The Morgan fingerprint density at radius 2 is 2.16 bits per heavy atom. The van der Waals surface area contributed by atoms with Crippen LogP contribution in [0.25, 0.3) is 11.2 Å². The van der Waals surface area contributed by atoms with Crippen molar-refractivity contribution in [1.82, 2.24) is 19.9 Å². The van der Waals surface area contributed by atoms with E-state index in [1.807, 2.05) is 18.2 Å².